The Kier molecular flexibility index (Phi) is 3.63. The van der Waals surface area contributed by atoms with Gasteiger partial charge in [-0.15, -0.1) is 11.6 Å². The quantitative estimate of drug-likeness (QED) is 0.454. The van der Waals surface area contributed by atoms with Crippen molar-refractivity contribution in [2.75, 3.05) is 0 Å². The van der Waals surface area contributed by atoms with Crippen molar-refractivity contribution in [1.82, 2.24) is 4.98 Å². The molecule has 0 N–H and O–H groups in total. The fourth-order valence-electron chi connectivity index (χ4n) is 1.28. The Bertz CT molecular complexity index is 380. The summed E-state index contributed by atoms with van der Waals surface area (Å²) >= 11 is 5.92. The molecular formula is C10H13ClN2O2. The van der Waals surface area contributed by atoms with Crippen LogP contribution in [-0.4, -0.2) is 15.3 Å². The van der Waals surface area contributed by atoms with E-state index in [1.54, 1.807) is 20.0 Å². The predicted octanol–water partition coefficient (Wildman–Crippen LogP) is 3.03. The zero-order valence-corrected chi connectivity index (χ0v) is 9.65. The SMILES string of the molecule is Cc1cnc(C(C)C(C)Cl)c([N+](=O)[O-])c1. The van der Waals surface area contributed by atoms with Crippen molar-refractivity contribution in [2.45, 2.75) is 32.1 Å². The van der Waals surface area contributed by atoms with Crippen molar-refractivity contribution in [2.24, 2.45) is 0 Å². The van der Waals surface area contributed by atoms with Crippen LogP contribution in [0.15, 0.2) is 12.3 Å². The molecule has 0 spiro atoms. The third-order valence-electron chi connectivity index (χ3n) is 2.35. The number of halogens is 1. The molecule has 82 valence electrons. The van der Waals surface area contributed by atoms with Crippen LogP contribution < -0.4 is 0 Å². The van der Waals surface area contributed by atoms with Crippen LogP contribution in [0.1, 0.15) is 31.0 Å². The van der Waals surface area contributed by atoms with Gasteiger partial charge in [-0.25, -0.2) is 0 Å². The van der Waals surface area contributed by atoms with Gasteiger partial charge in [-0.2, -0.15) is 0 Å². The highest BCUT2D eigenvalue weighted by Gasteiger charge is 2.23. The largest absolute Gasteiger partial charge is 0.291 e. The second-order valence-electron chi connectivity index (χ2n) is 3.64. The van der Waals surface area contributed by atoms with Crippen LogP contribution in [0.25, 0.3) is 0 Å². The third-order valence-corrected chi connectivity index (χ3v) is 2.73. The van der Waals surface area contributed by atoms with Crippen LogP contribution in [0.2, 0.25) is 0 Å². The van der Waals surface area contributed by atoms with E-state index in [9.17, 15) is 10.1 Å². The normalized spacial score (nSPS) is 14.7. The van der Waals surface area contributed by atoms with E-state index in [2.05, 4.69) is 4.98 Å². The summed E-state index contributed by atoms with van der Waals surface area (Å²) in [7, 11) is 0. The average Bonchev–Trinajstić information content (AvgIpc) is 2.16. The molecule has 0 fully saturated rings. The highest BCUT2D eigenvalue weighted by atomic mass is 35.5. The lowest BCUT2D eigenvalue weighted by atomic mass is 10.0. The van der Waals surface area contributed by atoms with Crippen molar-refractivity contribution in [3.8, 4) is 0 Å². The first-order chi connectivity index (χ1) is 6.93. The number of alkyl halides is 1. The lowest BCUT2D eigenvalue weighted by Gasteiger charge is -2.13. The molecule has 0 aliphatic carbocycles. The number of nitro groups is 1. The van der Waals surface area contributed by atoms with Crippen LogP contribution in [-0.2, 0) is 0 Å². The molecule has 2 atom stereocenters. The van der Waals surface area contributed by atoms with Crippen molar-refractivity contribution < 1.29 is 4.92 Å². The second kappa shape index (κ2) is 4.57. The summed E-state index contributed by atoms with van der Waals surface area (Å²) < 4.78 is 0. The molecule has 0 saturated carbocycles. The second-order valence-corrected chi connectivity index (χ2v) is 4.33. The molecule has 0 aromatic carbocycles. The minimum Gasteiger partial charge on any atom is -0.258 e. The summed E-state index contributed by atoms with van der Waals surface area (Å²) in [6.07, 6.45) is 1.62. The highest BCUT2D eigenvalue weighted by Crippen LogP contribution is 2.29. The molecule has 1 rings (SSSR count). The average molecular weight is 229 g/mol. The van der Waals surface area contributed by atoms with Crippen molar-refractivity contribution in [1.29, 1.82) is 0 Å². The molecule has 0 saturated heterocycles. The summed E-state index contributed by atoms with van der Waals surface area (Å²) in [5.74, 6) is -0.132. The van der Waals surface area contributed by atoms with E-state index in [-0.39, 0.29) is 17.0 Å². The number of hydrogen-bond acceptors (Lipinski definition) is 3. The highest BCUT2D eigenvalue weighted by molar-refractivity contribution is 6.20. The fraction of sp³-hybridized carbons (Fsp3) is 0.500. The van der Waals surface area contributed by atoms with Crippen LogP contribution in [0.3, 0.4) is 0 Å². The lowest BCUT2D eigenvalue weighted by Crippen LogP contribution is -2.10. The molecule has 5 heteroatoms. The number of nitrogens with zero attached hydrogens (tertiary/aromatic N) is 2. The Balaban J connectivity index is 3.22. The number of aryl methyl sites for hydroxylation is 1. The maximum atomic E-state index is 10.8. The van der Waals surface area contributed by atoms with Gasteiger partial charge >= 0.3 is 0 Å². The number of rotatable bonds is 3. The van der Waals surface area contributed by atoms with E-state index >= 15 is 0 Å². The fourth-order valence-corrected chi connectivity index (χ4v) is 1.40. The van der Waals surface area contributed by atoms with Gasteiger partial charge in [0.2, 0.25) is 0 Å². The van der Waals surface area contributed by atoms with Gasteiger partial charge in [0.1, 0.15) is 5.69 Å². The van der Waals surface area contributed by atoms with E-state index in [0.717, 1.165) is 5.56 Å². The van der Waals surface area contributed by atoms with E-state index in [4.69, 9.17) is 11.6 Å². The Morgan fingerprint density at radius 1 is 1.53 bits per heavy atom. The molecule has 0 aliphatic heterocycles. The van der Waals surface area contributed by atoms with Crippen LogP contribution in [0, 0.1) is 17.0 Å². The van der Waals surface area contributed by atoms with Crippen molar-refractivity contribution >= 4 is 17.3 Å². The van der Waals surface area contributed by atoms with Crippen LogP contribution in [0.5, 0.6) is 0 Å². The van der Waals surface area contributed by atoms with Gasteiger partial charge in [-0.1, -0.05) is 6.92 Å². The maximum absolute atomic E-state index is 10.8. The zero-order valence-electron chi connectivity index (χ0n) is 8.90. The summed E-state index contributed by atoms with van der Waals surface area (Å²) in [5.41, 5.74) is 1.28. The smallest absolute Gasteiger partial charge is 0.258 e. The van der Waals surface area contributed by atoms with Gasteiger partial charge in [0.15, 0.2) is 0 Å². The Morgan fingerprint density at radius 3 is 2.60 bits per heavy atom. The van der Waals surface area contributed by atoms with E-state index in [1.807, 2.05) is 6.92 Å². The summed E-state index contributed by atoms with van der Waals surface area (Å²) in [6.45, 7) is 5.42. The van der Waals surface area contributed by atoms with Crippen molar-refractivity contribution in [3.05, 3.63) is 33.6 Å². The predicted molar refractivity (Wildman–Crippen MR) is 59.4 cm³/mol. The van der Waals surface area contributed by atoms with Gasteiger partial charge in [0.25, 0.3) is 5.69 Å². The number of pyridine rings is 1. The van der Waals surface area contributed by atoms with Gasteiger partial charge in [0.05, 0.1) is 4.92 Å². The molecule has 0 aliphatic rings. The summed E-state index contributed by atoms with van der Waals surface area (Å²) in [4.78, 5) is 14.5. The van der Waals surface area contributed by atoms with Crippen LogP contribution in [0.4, 0.5) is 5.69 Å². The molecule has 0 amide bonds. The Hall–Kier alpha value is -1.16. The molecule has 2 unspecified atom stereocenters. The minimum absolute atomic E-state index is 0.0509. The molecule has 0 bridgehead atoms. The third kappa shape index (κ3) is 2.65. The summed E-state index contributed by atoms with van der Waals surface area (Å²) in [6, 6.07) is 1.53. The molecule has 15 heavy (non-hydrogen) atoms. The molecule has 4 nitrogen and oxygen atoms in total. The zero-order chi connectivity index (χ0) is 11.6. The Labute approximate surface area is 93.4 Å². The van der Waals surface area contributed by atoms with Crippen LogP contribution >= 0.6 is 11.6 Å². The molecule has 0 radical (unpaired) electrons. The first-order valence-electron chi connectivity index (χ1n) is 4.68. The van der Waals surface area contributed by atoms with E-state index in [0.29, 0.717) is 5.69 Å². The first kappa shape index (κ1) is 11.9. The van der Waals surface area contributed by atoms with Gasteiger partial charge in [-0.05, 0) is 19.4 Å². The topological polar surface area (TPSA) is 56.0 Å². The maximum Gasteiger partial charge on any atom is 0.291 e. The number of hydrogen-bond donors (Lipinski definition) is 0. The minimum atomic E-state index is -0.412. The first-order valence-corrected chi connectivity index (χ1v) is 5.12. The summed E-state index contributed by atoms with van der Waals surface area (Å²) in [5, 5.41) is 10.6. The van der Waals surface area contributed by atoms with Gasteiger partial charge < -0.3 is 0 Å². The van der Waals surface area contributed by atoms with Gasteiger partial charge in [-0.3, -0.25) is 15.1 Å². The Morgan fingerprint density at radius 2 is 2.13 bits per heavy atom. The molecular weight excluding hydrogens is 216 g/mol. The lowest BCUT2D eigenvalue weighted by molar-refractivity contribution is -0.386. The van der Waals surface area contributed by atoms with Crippen molar-refractivity contribution in [3.63, 3.8) is 0 Å². The number of aromatic nitrogens is 1. The standard InChI is InChI=1S/C10H13ClN2O2/c1-6-4-9(13(14)15)10(12-5-6)7(2)8(3)11/h4-5,7-8H,1-3H3. The molecule has 1 aromatic rings. The van der Waals surface area contributed by atoms with Gasteiger partial charge in [0, 0.05) is 23.6 Å². The monoisotopic (exact) mass is 228 g/mol. The van der Waals surface area contributed by atoms with E-state index in [1.165, 1.54) is 6.07 Å². The molecule has 1 aromatic heterocycles. The van der Waals surface area contributed by atoms with E-state index < -0.39 is 4.92 Å². The molecule has 1 heterocycles.